The number of carbonyl (C=O) groups is 2. The van der Waals surface area contributed by atoms with Crippen LogP contribution in [0.2, 0.25) is 0 Å². The molecule has 4 heterocycles. The number of hydrogen-bond acceptors (Lipinski definition) is 4. The maximum absolute atomic E-state index is 13.9. The lowest BCUT2D eigenvalue weighted by molar-refractivity contribution is -0.192. The quantitative estimate of drug-likeness (QED) is 0.301. The van der Waals surface area contributed by atoms with Gasteiger partial charge in [0.25, 0.3) is 5.91 Å². The van der Waals surface area contributed by atoms with E-state index in [4.69, 9.17) is 9.90 Å². The van der Waals surface area contributed by atoms with E-state index in [2.05, 4.69) is 15.4 Å². The van der Waals surface area contributed by atoms with Crippen molar-refractivity contribution in [3.63, 3.8) is 0 Å². The van der Waals surface area contributed by atoms with Gasteiger partial charge in [0.1, 0.15) is 17.3 Å². The highest BCUT2D eigenvalue weighted by Crippen LogP contribution is 2.23. The number of hydrogen-bond donors (Lipinski definition) is 2. The van der Waals surface area contributed by atoms with E-state index in [0.29, 0.717) is 22.8 Å². The number of fused-ring (bicyclic) bond motifs is 1. The summed E-state index contributed by atoms with van der Waals surface area (Å²) in [5.41, 5.74) is 4.19. The van der Waals surface area contributed by atoms with Gasteiger partial charge in [0.2, 0.25) is 0 Å². The molecule has 1 aromatic carbocycles. The van der Waals surface area contributed by atoms with Crippen LogP contribution in [-0.4, -0.2) is 42.3 Å². The number of nitrogens with one attached hydrogen (secondary N) is 1. The normalized spacial score (nSPS) is 11.1. The molecule has 0 saturated heterocycles. The number of rotatable bonds is 4. The van der Waals surface area contributed by atoms with Crippen LogP contribution in [0.1, 0.15) is 16.1 Å². The number of carboxylic acid groups (broad SMARTS) is 1. The zero-order chi connectivity index (χ0) is 27.4. The number of pyridine rings is 2. The van der Waals surface area contributed by atoms with Crippen LogP contribution in [0.3, 0.4) is 0 Å². The molecule has 4 aromatic heterocycles. The second kappa shape index (κ2) is 10.5. The SMILES string of the molecule is Cc1ccc(NC(=O)c2ccnn2-c2ccc3ccc(-c4cccnc4)cn23)cc1F.O=C(O)C(F)(F)F. The molecule has 0 fully saturated rings. The standard InChI is InChI=1S/C24H18FN5O.C2HF3O2/c1-16-4-6-19(13-21(16)25)28-24(31)22-10-12-27-30(22)23-9-8-20-7-5-18(15-29(20)23)17-3-2-11-26-14-17;3-2(4,5)1(6)7/h2-15H,1H3,(H,28,31);(H,6,7). The first kappa shape index (κ1) is 26.1. The van der Waals surface area contributed by atoms with E-state index >= 15 is 0 Å². The minimum atomic E-state index is -5.08. The lowest BCUT2D eigenvalue weighted by Gasteiger charge is -2.10. The summed E-state index contributed by atoms with van der Waals surface area (Å²) < 4.78 is 49.1. The number of benzene rings is 1. The van der Waals surface area contributed by atoms with Crippen LogP contribution in [0.15, 0.2) is 85.5 Å². The topological polar surface area (TPSA) is 102 Å². The van der Waals surface area contributed by atoms with Gasteiger partial charge in [-0.15, -0.1) is 0 Å². The molecule has 2 N–H and O–H groups in total. The second-order valence-electron chi connectivity index (χ2n) is 8.00. The monoisotopic (exact) mass is 525 g/mol. The van der Waals surface area contributed by atoms with E-state index in [9.17, 15) is 22.4 Å². The predicted molar refractivity (Wildman–Crippen MR) is 131 cm³/mol. The van der Waals surface area contributed by atoms with Gasteiger partial charge in [-0.05, 0) is 60.5 Å². The number of anilines is 1. The Morgan fingerprint density at radius 3 is 2.37 bits per heavy atom. The van der Waals surface area contributed by atoms with E-state index in [1.165, 1.54) is 6.07 Å². The minimum absolute atomic E-state index is 0.341. The van der Waals surface area contributed by atoms with Crippen LogP contribution < -0.4 is 5.32 Å². The summed E-state index contributed by atoms with van der Waals surface area (Å²) >= 11 is 0. The van der Waals surface area contributed by atoms with Crippen LogP contribution in [0.25, 0.3) is 22.5 Å². The van der Waals surface area contributed by atoms with Crippen molar-refractivity contribution in [2.24, 2.45) is 0 Å². The minimum Gasteiger partial charge on any atom is -0.475 e. The molecule has 0 aliphatic heterocycles. The van der Waals surface area contributed by atoms with E-state index in [0.717, 1.165) is 16.6 Å². The Hall–Kier alpha value is -5.00. The van der Waals surface area contributed by atoms with Crippen LogP contribution in [0, 0.1) is 12.7 Å². The van der Waals surface area contributed by atoms with Gasteiger partial charge in [-0.25, -0.2) is 13.9 Å². The number of aliphatic carboxylic acids is 1. The summed E-state index contributed by atoms with van der Waals surface area (Å²) in [4.78, 5) is 26.0. The van der Waals surface area contributed by atoms with Gasteiger partial charge in [-0.2, -0.15) is 18.3 Å². The first-order chi connectivity index (χ1) is 18.0. The molecule has 0 bridgehead atoms. The molecule has 194 valence electrons. The number of nitrogens with zero attached hydrogens (tertiary/aromatic N) is 4. The summed E-state index contributed by atoms with van der Waals surface area (Å²) in [7, 11) is 0. The molecule has 0 aliphatic rings. The zero-order valence-corrected chi connectivity index (χ0v) is 19.6. The fourth-order valence-electron chi connectivity index (χ4n) is 3.49. The Morgan fingerprint density at radius 1 is 0.974 bits per heavy atom. The van der Waals surface area contributed by atoms with Crippen LogP contribution in [-0.2, 0) is 4.79 Å². The fraction of sp³-hybridized carbons (Fsp3) is 0.0769. The Bertz CT molecular complexity index is 1610. The molecular formula is C26H19F4N5O3. The van der Waals surface area contributed by atoms with Gasteiger partial charge >= 0.3 is 12.1 Å². The second-order valence-corrected chi connectivity index (χ2v) is 8.00. The van der Waals surface area contributed by atoms with Gasteiger partial charge in [-0.1, -0.05) is 18.2 Å². The average Bonchev–Trinajstić information content (AvgIpc) is 3.53. The Balaban J connectivity index is 0.000000426. The van der Waals surface area contributed by atoms with Gasteiger partial charge in [0.15, 0.2) is 0 Å². The Kier molecular flexibility index (Phi) is 7.24. The first-order valence-electron chi connectivity index (χ1n) is 11.0. The lowest BCUT2D eigenvalue weighted by Crippen LogP contribution is -2.21. The maximum Gasteiger partial charge on any atom is 0.490 e. The molecule has 0 radical (unpaired) electrons. The number of amides is 1. The van der Waals surface area contributed by atoms with Crippen molar-refractivity contribution in [3.05, 3.63) is 103 Å². The van der Waals surface area contributed by atoms with Crippen molar-refractivity contribution in [1.29, 1.82) is 0 Å². The number of aryl methyl sites for hydroxylation is 1. The van der Waals surface area contributed by atoms with Gasteiger partial charge in [0.05, 0.1) is 6.20 Å². The lowest BCUT2D eigenvalue weighted by atomic mass is 10.1. The molecule has 12 heteroatoms. The Morgan fingerprint density at radius 2 is 1.71 bits per heavy atom. The third-order valence-electron chi connectivity index (χ3n) is 5.39. The molecule has 0 unspecified atom stereocenters. The van der Waals surface area contributed by atoms with E-state index in [-0.39, 0.29) is 11.7 Å². The largest absolute Gasteiger partial charge is 0.490 e. The van der Waals surface area contributed by atoms with Crippen LogP contribution >= 0.6 is 0 Å². The summed E-state index contributed by atoms with van der Waals surface area (Å²) in [6.07, 6.45) is 2.00. The molecule has 0 aliphatic carbocycles. The van der Waals surface area contributed by atoms with Crippen molar-refractivity contribution in [2.45, 2.75) is 13.1 Å². The van der Waals surface area contributed by atoms with Crippen molar-refractivity contribution in [3.8, 4) is 16.9 Å². The third-order valence-corrected chi connectivity index (χ3v) is 5.39. The highest BCUT2D eigenvalue weighted by Gasteiger charge is 2.38. The fourth-order valence-corrected chi connectivity index (χ4v) is 3.49. The average molecular weight is 525 g/mol. The first-order valence-corrected chi connectivity index (χ1v) is 11.0. The molecule has 5 rings (SSSR count). The number of halogens is 4. The van der Waals surface area contributed by atoms with Crippen molar-refractivity contribution < 1.29 is 32.3 Å². The molecule has 8 nitrogen and oxygen atoms in total. The van der Waals surface area contributed by atoms with Crippen LogP contribution in [0.5, 0.6) is 0 Å². The van der Waals surface area contributed by atoms with Crippen molar-refractivity contribution >= 4 is 23.1 Å². The number of carbonyl (C=O) groups excluding carboxylic acids is 1. The highest BCUT2D eigenvalue weighted by atomic mass is 19.4. The third kappa shape index (κ3) is 5.69. The molecule has 0 atom stereocenters. The molecule has 0 spiro atoms. The molecular weight excluding hydrogens is 506 g/mol. The Labute approximate surface area is 212 Å². The van der Waals surface area contributed by atoms with E-state index in [1.807, 2.05) is 47.0 Å². The summed E-state index contributed by atoms with van der Waals surface area (Å²) in [5.74, 6) is -2.79. The number of carboxylic acids is 1. The number of alkyl halides is 3. The highest BCUT2D eigenvalue weighted by molar-refractivity contribution is 6.03. The van der Waals surface area contributed by atoms with Gasteiger partial charge in [0, 0.05) is 35.4 Å². The summed E-state index contributed by atoms with van der Waals surface area (Å²) in [6, 6.07) is 18.0. The van der Waals surface area contributed by atoms with Crippen LogP contribution in [0.4, 0.5) is 23.2 Å². The van der Waals surface area contributed by atoms with Crippen molar-refractivity contribution in [1.82, 2.24) is 19.2 Å². The zero-order valence-electron chi connectivity index (χ0n) is 19.6. The summed E-state index contributed by atoms with van der Waals surface area (Å²) in [6.45, 7) is 1.67. The van der Waals surface area contributed by atoms with Gasteiger partial charge < -0.3 is 14.8 Å². The van der Waals surface area contributed by atoms with Gasteiger partial charge in [-0.3, -0.25) is 9.78 Å². The van der Waals surface area contributed by atoms with Crippen molar-refractivity contribution in [2.75, 3.05) is 5.32 Å². The molecule has 38 heavy (non-hydrogen) atoms. The summed E-state index contributed by atoms with van der Waals surface area (Å²) in [5, 5.41) is 14.2. The molecule has 1 amide bonds. The number of aromatic nitrogens is 4. The molecule has 5 aromatic rings. The molecule has 0 saturated carbocycles. The predicted octanol–water partition coefficient (Wildman–Crippen LogP) is 5.52. The smallest absolute Gasteiger partial charge is 0.475 e. The van der Waals surface area contributed by atoms with E-state index < -0.39 is 12.1 Å². The van der Waals surface area contributed by atoms with E-state index in [1.54, 1.807) is 48.4 Å². The maximum atomic E-state index is 13.9.